The second kappa shape index (κ2) is 5.88. The van der Waals surface area contributed by atoms with Crippen LogP contribution < -0.4 is 4.74 Å². The van der Waals surface area contributed by atoms with Crippen LogP contribution in [0.2, 0.25) is 0 Å². The first-order valence-corrected chi connectivity index (χ1v) is 6.72. The van der Waals surface area contributed by atoms with Gasteiger partial charge in [-0.25, -0.2) is 9.97 Å². The summed E-state index contributed by atoms with van der Waals surface area (Å²) in [5.74, 6) is 0. The van der Waals surface area contributed by atoms with Gasteiger partial charge in [0, 0.05) is 13.0 Å². The normalized spacial score (nSPS) is 11.0. The number of hydrogen-bond donors (Lipinski definition) is 1. The third kappa shape index (κ3) is 2.57. The number of benzene rings is 1. The molecule has 0 amide bonds. The fourth-order valence-electron chi connectivity index (χ4n) is 2.32. The van der Waals surface area contributed by atoms with Crippen LogP contribution in [0.1, 0.15) is 11.3 Å². The van der Waals surface area contributed by atoms with Crippen molar-refractivity contribution in [2.24, 2.45) is 0 Å². The van der Waals surface area contributed by atoms with Crippen molar-refractivity contribution in [2.75, 3.05) is 13.7 Å². The van der Waals surface area contributed by atoms with Gasteiger partial charge in [0.1, 0.15) is 11.8 Å². The zero-order chi connectivity index (χ0) is 14.7. The lowest BCUT2D eigenvalue weighted by Crippen LogP contribution is -2.04. The molecular weight excluding hydrogens is 268 g/mol. The molecule has 0 radical (unpaired) electrons. The Labute approximate surface area is 122 Å². The Kier molecular flexibility index (Phi) is 3.79. The summed E-state index contributed by atoms with van der Waals surface area (Å²) >= 11 is 0. The van der Waals surface area contributed by atoms with Gasteiger partial charge in [0.25, 0.3) is 6.01 Å². The van der Waals surface area contributed by atoms with Gasteiger partial charge in [-0.1, -0.05) is 30.3 Å². The van der Waals surface area contributed by atoms with Gasteiger partial charge in [0.2, 0.25) is 0 Å². The summed E-state index contributed by atoms with van der Waals surface area (Å²) in [7, 11) is 1.59. The van der Waals surface area contributed by atoms with E-state index in [1.807, 2.05) is 34.9 Å². The minimum atomic E-state index is 0.0278. The molecule has 0 bridgehead atoms. The Bertz CT molecular complexity index is 740. The molecule has 108 valence electrons. The maximum Gasteiger partial charge on any atom is 0.298 e. The van der Waals surface area contributed by atoms with Crippen molar-refractivity contribution in [3.8, 4) is 6.01 Å². The van der Waals surface area contributed by atoms with Crippen LogP contribution in [-0.4, -0.2) is 38.3 Å². The number of aliphatic hydroxyl groups is 1. The highest BCUT2D eigenvalue weighted by atomic mass is 16.5. The number of nitrogens with zero attached hydrogens (tertiary/aromatic N) is 4. The summed E-state index contributed by atoms with van der Waals surface area (Å²) in [4.78, 5) is 13.0. The third-order valence-corrected chi connectivity index (χ3v) is 3.29. The van der Waals surface area contributed by atoms with Crippen molar-refractivity contribution < 1.29 is 9.84 Å². The molecule has 0 aliphatic rings. The van der Waals surface area contributed by atoms with Gasteiger partial charge in [0.05, 0.1) is 19.3 Å². The van der Waals surface area contributed by atoms with Gasteiger partial charge in [-0.2, -0.15) is 4.98 Å². The minimum Gasteiger partial charge on any atom is -0.468 e. The van der Waals surface area contributed by atoms with Crippen molar-refractivity contribution in [1.29, 1.82) is 0 Å². The predicted octanol–water partition coefficient (Wildman–Crippen LogP) is 1.42. The summed E-state index contributed by atoms with van der Waals surface area (Å²) in [6, 6.07) is 10.5. The first kappa shape index (κ1) is 13.5. The first-order chi connectivity index (χ1) is 10.3. The van der Waals surface area contributed by atoms with E-state index in [1.54, 1.807) is 7.11 Å². The Hall–Kier alpha value is -2.47. The molecule has 2 heterocycles. The quantitative estimate of drug-likeness (QED) is 0.767. The zero-order valence-corrected chi connectivity index (χ0v) is 11.7. The fourth-order valence-corrected chi connectivity index (χ4v) is 2.32. The molecule has 6 heteroatoms. The highest BCUT2D eigenvalue weighted by Gasteiger charge is 2.16. The fraction of sp³-hybridized carbons (Fsp3) is 0.267. The van der Waals surface area contributed by atoms with Crippen LogP contribution in [0, 0.1) is 0 Å². The SMILES string of the molecule is COc1nc2c(CCO)ncnc2n1Cc1ccccc1. The number of aliphatic hydroxyl groups excluding tert-OH is 1. The molecule has 0 saturated carbocycles. The van der Waals surface area contributed by atoms with E-state index in [1.165, 1.54) is 6.33 Å². The summed E-state index contributed by atoms with van der Waals surface area (Å²) in [6.45, 7) is 0.649. The largest absolute Gasteiger partial charge is 0.468 e. The number of rotatable bonds is 5. The van der Waals surface area contributed by atoms with E-state index < -0.39 is 0 Å². The predicted molar refractivity (Wildman–Crippen MR) is 78.2 cm³/mol. The topological polar surface area (TPSA) is 73.1 Å². The Morgan fingerprint density at radius 2 is 2.00 bits per heavy atom. The second-order valence-corrected chi connectivity index (χ2v) is 4.64. The number of imidazole rings is 1. The molecule has 0 aliphatic heterocycles. The molecule has 0 saturated heterocycles. The lowest BCUT2D eigenvalue weighted by molar-refractivity contribution is 0.298. The highest BCUT2D eigenvalue weighted by Crippen LogP contribution is 2.22. The summed E-state index contributed by atoms with van der Waals surface area (Å²) in [5.41, 5.74) is 3.26. The molecule has 6 nitrogen and oxygen atoms in total. The molecule has 0 fully saturated rings. The van der Waals surface area contributed by atoms with Crippen LogP contribution in [-0.2, 0) is 13.0 Å². The van der Waals surface area contributed by atoms with E-state index in [2.05, 4.69) is 15.0 Å². The molecule has 0 spiro atoms. The van der Waals surface area contributed by atoms with Crippen LogP contribution >= 0.6 is 0 Å². The summed E-state index contributed by atoms with van der Waals surface area (Å²) in [5, 5.41) is 9.12. The number of aromatic nitrogens is 4. The van der Waals surface area contributed by atoms with Gasteiger partial charge >= 0.3 is 0 Å². The van der Waals surface area contributed by atoms with Gasteiger partial charge in [-0.15, -0.1) is 0 Å². The van der Waals surface area contributed by atoms with Crippen molar-refractivity contribution in [3.05, 3.63) is 47.9 Å². The van der Waals surface area contributed by atoms with E-state index in [0.29, 0.717) is 30.1 Å². The molecule has 3 rings (SSSR count). The Balaban J connectivity index is 2.10. The van der Waals surface area contributed by atoms with Crippen LogP contribution in [0.15, 0.2) is 36.7 Å². The number of fused-ring (bicyclic) bond motifs is 1. The van der Waals surface area contributed by atoms with Crippen molar-refractivity contribution in [2.45, 2.75) is 13.0 Å². The summed E-state index contributed by atoms with van der Waals surface area (Å²) in [6.07, 6.45) is 1.94. The van der Waals surface area contributed by atoms with Gasteiger partial charge in [-0.3, -0.25) is 4.57 Å². The van der Waals surface area contributed by atoms with Crippen LogP contribution in [0.4, 0.5) is 0 Å². The van der Waals surface area contributed by atoms with Crippen LogP contribution in [0.5, 0.6) is 6.01 Å². The van der Waals surface area contributed by atoms with Gasteiger partial charge < -0.3 is 9.84 Å². The molecule has 1 aromatic carbocycles. The van der Waals surface area contributed by atoms with Crippen molar-refractivity contribution in [1.82, 2.24) is 19.5 Å². The second-order valence-electron chi connectivity index (χ2n) is 4.64. The molecule has 0 atom stereocenters. The lowest BCUT2D eigenvalue weighted by atomic mass is 10.2. The maximum atomic E-state index is 9.12. The van der Waals surface area contributed by atoms with E-state index >= 15 is 0 Å². The number of hydrogen-bond acceptors (Lipinski definition) is 5. The van der Waals surface area contributed by atoms with Gasteiger partial charge in [-0.05, 0) is 5.56 Å². The lowest BCUT2D eigenvalue weighted by Gasteiger charge is -2.07. The molecule has 1 N–H and O–H groups in total. The molecule has 2 aromatic heterocycles. The van der Waals surface area contributed by atoms with Crippen LogP contribution in [0.3, 0.4) is 0 Å². The summed E-state index contributed by atoms with van der Waals surface area (Å²) < 4.78 is 7.27. The molecule has 0 aliphatic carbocycles. The van der Waals surface area contributed by atoms with E-state index in [4.69, 9.17) is 9.84 Å². The average molecular weight is 284 g/mol. The average Bonchev–Trinajstić information content (AvgIpc) is 2.88. The Morgan fingerprint density at radius 3 is 2.71 bits per heavy atom. The van der Waals surface area contributed by atoms with Crippen LogP contribution in [0.25, 0.3) is 11.2 Å². The zero-order valence-electron chi connectivity index (χ0n) is 11.7. The molecule has 3 aromatic rings. The molecular formula is C15H16N4O2. The van der Waals surface area contributed by atoms with E-state index in [-0.39, 0.29) is 6.61 Å². The third-order valence-electron chi connectivity index (χ3n) is 3.29. The minimum absolute atomic E-state index is 0.0278. The molecule has 0 unspecified atom stereocenters. The number of methoxy groups -OCH3 is 1. The molecule has 21 heavy (non-hydrogen) atoms. The standard InChI is InChI=1S/C15H16N4O2/c1-21-15-18-13-12(7-8-20)16-10-17-14(13)19(15)9-11-5-3-2-4-6-11/h2-6,10,20H,7-9H2,1H3. The number of ether oxygens (including phenoxy) is 1. The van der Waals surface area contributed by atoms with E-state index in [0.717, 1.165) is 11.3 Å². The Morgan fingerprint density at radius 1 is 1.19 bits per heavy atom. The van der Waals surface area contributed by atoms with Crippen molar-refractivity contribution in [3.63, 3.8) is 0 Å². The van der Waals surface area contributed by atoms with Crippen molar-refractivity contribution >= 4 is 11.2 Å². The smallest absolute Gasteiger partial charge is 0.298 e. The monoisotopic (exact) mass is 284 g/mol. The first-order valence-electron chi connectivity index (χ1n) is 6.72. The van der Waals surface area contributed by atoms with E-state index in [9.17, 15) is 0 Å². The highest BCUT2D eigenvalue weighted by molar-refractivity contribution is 5.75. The van der Waals surface area contributed by atoms with Gasteiger partial charge in [0.15, 0.2) is 5.65 Å². The maximum absolute atomic E-state index is 9.12.